The van der Waals surface area contributed by atoms with E-state index in [1.165, 1.54) is 22.5 Å². The van der Waals surface area contributed by atoms with Crippen molar-refractivity contribution in [3.8, 4) is 11.4 Å². The Labute approximate surface area is 144 Å². The Morgan fingerprint density at radius 3 is 2.60 bits per heavy atom. The first-order valence-electron chi connectivity index (χ1n) is 8.05. The van der Waals surface area contributed by atoms with Gasteiger partial charge in [0.1, 0.15) is 12.4 Å². The van der Waals surface area contributed by atoms with Crippen LogP contribution in [0.25, 0.3) is 11.4 Å². The van der Waals surface area contributed by atoms with Crippen molar-refractivity contribution in [3.05, 3.63) is 66.0 Å². The van der Waals surface area contributed by atoms with Crippen molar-refractivity contribution >= 4 is 5.91 Å². The van der Waals surface area contributed by atoms with Crippen molar-refractivity contribution in [1.29, 1.82) is 0 Å². The first-order valence-corrected chi connectivity index (χ1v) is 8.05. The Morgan fingerprint density at radius 2 is 1.84 bits per heavy atom. The number of benzene rings is 2. The molecule has 0 atom stereocenters. The third-order valence-electron chi connectivity index (χ3n) is 3.65. The molecule has 0 aliphatic carbocycles. The molecule has 0 saturated carbocycles. The number of rotatable bonds is 7. The van der Waals surface area contributed by atoms with E-state index in [1.54, 1.807) is 12.1 Å². The molecule has 7 heteroatoms. The topological polar surface area (TPSA) is 72.7 Å². The summed E-state index contributed by atoms with van der Waals surface area (Å²) < 4.78 is 12.9. The van der Waals surface area contributed by atoms with Crippen LogP contribution in [0.4, 0.5) is 4.39 Å². The lowest BCUT2D eigenvalue weighted by molar-refractivity contribution is -0.122. The Balaban J connectivity index is 1.44. The quantitative estimate of drug-likeness (QED) is 0.670. The molecule has 3 rings (SSSR count). The fourth-order valence-corrected chi connectivity index (χ4v) is 2.37. The van der Waals surface area contributed by atoms with Gasteiger partial charge in [-0.05, 0) is 47.9 Å². The van der Waals surface area contributed by atoms with Crippen LogP contribution in [0.5, 0.6) is 0 Å². The molecule has 1 amide bonds. The first kappa shape index (κ1) is 16.8. The fraction of sp³-hybridized carbons (Fsp3) is 0.222. The second-order valence-electron chi connectivity index (χ2n) is 5.59. The molecule has 0 radical (unpaired) electrons. The highest BCUT2D eigenvalue weighted by molar-refractivity contribution is 5.75. The van der Waals surface area contributed by atoms with Gasteiger partial charge in [-0.3, -0.25) is 4.79 Å². The van der Waals surface area contributed by atoms with E-state index in [0.717, 1.165) is 12.8 Å². The largest absolute Gasteiger partial charge is 0.354 e. The van der Waals surface area contributed by atoms with Crippen molar-refractivity contribution < 1.29 is 9.18 Å². The lowest BCUT2D eigenvalue weighted by Gasteiger charge is -2.04. The summed E-state index contributed by atoms with van der Waals surface area (Å²) >= 11 is 0. The zero-order valence-corrected chi connectivity index (χ0v) is 13.6. The highest BCUT2D eigenvalue weighted by Crippen LogP contribution is 2.13. The molecule has 0 aliphatic heterocycles. The van der Waals surface area contributed by atoms with E-state index in [-0.39, 0.29) is 18.3 Å². The van der Waals surface area contributed by atoms with E-state index in [2.05, 4.69) is 32.9 Å². The number of amides is 1. The number of aromatic nitrogens is 4. The minimum absolute atomic E-state index is 0.000465. The van der Waals surface area contributed by atoms with Gasteiger partial charge >= 0.3 is 0 Å². The summed E-state index contributed by atoms with van der Waals surface area (Å²) in [6.45, 7) is 0.590. The zero-order valence-electron chi connectivity index (χ0n) is 13.6. The van der Waals surface area contributed by atoms with E-state index >= 15 is 0 Å². The number of nitrogens with zero attached hydrogens (tertiary/aromatic N) is 4. The lowest BCUT2D eigenvalue weighted by atomic mass is 10.1. The van der Waals surface area contributed by atoms with Gasteiger partial charge in [0, 0.05) is 12.1 Å². The van der Waals surface area contributed by atoms with Crippen LogP contribution in [0.3, 0.4) is 0 Å². The third-order valence-corrected chi connectivity index (χ3v) is 3.65. The SMILES string of the molecule is O=C(Cn1nnc(-c2ccc(F)cc2)n1)NCCCc1ccccc1. The van der Waals surface area contributed by atoms with Crippen LogP contribution in [-0.4, -0.2) is 32.7 Å². The number of hydrogen-bond acceptors (Lipinski definition) is 4. The number of carbonyl (C=O) groups excluding carboxylic acids is 1. The maximum Gasteiger partial charge on any atom is 0.243 e. The van der Waals surface area contributed by atoms with Gasteiger partial charge in [0.15, 0.2) is 0 Å². The van der Waals surface area contributed by atoms with Crippen LogP contribution in [0.1, 0.15) is 12.0 Å². The molecule has 3 aromatic rings. The summed E-state index contributed by atoms with van der Waals surface area (Å²) in [6, 6.07) is 15.9. The Bertz CT molecular complexity index is 817. The van der Waals surface area contributed by atoms with Gasteiger partial charge in [-0.2, -0.15) is 4.80 Å². The number of aryl methyl sites for hydroxylation is 1. The fourth-order valence-electron chi connectivity index (χ4n) is 2.37. The summed E-state index contributed by atoms with van der Waals surface area (Å²) in [5.74, 6) is -0.140. The summed E-state index contributed by atoms with van der Waals surface area (Å²) in [4.78, 5) is 13.2. The molecule has 1 heterocycles. The number of nitrogens with one attached hydrogen (secondary N) is 1. The molecular formula is C18H18FN5O. The molecule has 0 fully saturated rings. The van der Waals surface area contributed by atoms with E-state index < -0.39 is 0 Å². The van der Waals surface area contributed by atoms with Crippen LogP contribution >= 0.6 is 0 Å². The molecule has 2 aromatic carbocycles. The Morgan fingerprint density at radius 1 is 1.08 bits per heavy atom. The van der Waals surface area contributed by atoms with Gasteiger partial charge in [-0.1, -0.05) is 30.3 Å². The molecule has 0 bridgehead atoms. The average molecular weight is 339 g/mol. The summed E-state index contributed by atoms with van der Waals surface area (Å²) in [5, 5.41) is 14.7. The van der Waals surface area contributed by atoms with Gasteiger partial charge in [-0.15, -0.1) is 10.2 Å². The zero-order chi connectivity index (χ0) is 17.5. The van der Waals surface area contributed by atoms with Gasteiger partial charge in [0.25, 0.3) is 0 Å². The highest BCUT2D eigenvalue weighted by Gasteiger charge is 2.09. The predicted octanol–water partition coefficient (Wildman–Crippen LogP) is 2.23. The van der Waals surface area contributed by atoms with Gasteiger partial charge < -0.3 is 5.32 Å². The predicted molar refractivity (Wildman–Crippen MR) is 91.0 cm³/mol. The van der Waals surface area contributed by atoms with E-state index in [0.29, 0.717) is 17.9 Å². The summed E-state index contributed by atoms with van der Waals surface area (Å²) in [6.07, 6.45) is 1.78. The second-order valence-corrected chi connectivity index (χ2v) is 5.59. The number of hydrogen-bond donors (Lipinski definition) is 1. The molecule has 0 saturated heterocycles. The van der Waals surface area contributed by atoms with E-state index in [9.17, 15) is 9.18 Å². The number of carbonyl (C=O) groups is 1. The number of halogens is 1. The van der Waals surface area contributed by atoms with E-state index in [1.807, 2.05) is 18.2 Å². The average Bonchev–Trinajstić information content (AvgIpc) is 3.09. The van der Waals surface area contributed by atoms with E-state index in [4.69, 9.17) is 0 Å². The summed E-state index contributed by atoms with van der Waals surface area (Å²) in [5.41, 5.74) is 1.90. The van der Waals surface area contributed by atoms with Gasteiger partial charge in [-0.25, -0.2) is 4.39 Å². The monoisotopic (exact) mass is 339 g/mol. The minimum atomic E-state index is -0.328. The van der Waals surface area contributed by atoms with Gasteiger partial charge in [0.2, 0.25) is 11.7 Å². The number of tetrazole rings is 1. The molecule has 1 N–H and O–H groups in total. The smallest absolute Gasteiger partial charge is 0.243 e. The molecule has 128 valence electrons. The van der Waals surface area contributed by atoms with Crippen molar-refractivity contribution in [2.75, 3.05) is 6.54 Å². The second kappa shape index (κ2) is 8.14. The lowest BCUT2D eigenvalue weighted by Crippen LogP contribution is -2.29. The molecule has 0 aliphatic rings. The van der Waals surface area contributed by atoms with Crippen molar-refractivity contribution in [2.45, 2.75) is 19.4 Å². The highest BCUT2D eigenvalue weighted by atomic mass is 19.1. The van der Waals surface area contributed by atoms with Crippen LogP contribution in [0.15, 0.2) is 54.6 Å². The minimum Gasteiger partial charge on any atom is -0.354 e. The van der Waals surface area contributed by atoms with Crippen molar-refractivity contribution in [3.63, 3.8) is 0 Å². The normalized spacial score (nSPS) is 10.6. The Hall–Kier alpha value is -3.09. The molecule has 1 aromatic heterocycles. The summed E-state index contributed by atoms with van der Waals surface area (Å²) in [7, 11) is 0. The molecule has 0 unspecified atom stereocenters. The molecular weight excluding hydrogens is 321 g/mol. The Kier molecular flexibility index (Phi) is 5.46. The maximum absolute atomic E-state index is 12.9. The molecule has 0 spiro atoms. The third kappa shape index (κ3) is 4.94. The van der Waals surface area contributed by atoms with Crippen LogP contribution in [0, 0.1) is 5.82 Å². The molecule has 6 nitrogen and oxygen atoms in total. The molecule has 25 heavy (non-hydrogen) atoms. The van der Waals surface area contributed by atoms with Crippen LogP contribution < -0.4 is 5.32 Å². The maximum atomic E-state index is 12.9. The van der Waals surface area contributed by atoms with Crippen LogP contribution in [-0.2, 0) is 17.8 Å². The van der Waals surface area contributed by atoms with Gasteiger partial charge in [0.05, 0.1) is 0 Å². The standard InChI is InChI=1S/C18H18FN5O/c19-16-10-8-15(9-11-16)18-21-23-24(22-18)13-17(25)20-12-4-7-14-5-2-1-3-6-14/h1-3,5-6,8-11H,4,7,12-13H2,(H,20,25). The first-order chi connectivity index (χ1) is 12.2. The van der Waals surface area contributed by atoms with Crippen molar-refractivity contribution in [2.24, 2.45) is 0 Å². The van der Waals surface area contributed by atoms with Crippen molar-refractivity contribution in [1.82, 2.24) is 25.5 Å². The van der Waals surface area contributed by atoms with Crippen LogP contribution in [0.2, 0.25) is 0 Å².